The zero-order valence-corrected chi connectivity index (χ0v) is 18.6. The van der Waals surface area contributed by atoms with E-state index in [0.717, 1.165) is 54.8 Å². The van der Waals surface area contributed by atoms with Gasteiger partial charge in [0.2, 0.25) is 5.75 Å². The summed E-state index contributed by atoms with van der Waals surface area (Å²) < 4.78 is 17.5. The summed E-state index contributed by atoms with van der Waals surface area (Å²) in [7, 11) is 3.24. The highest BCUT2D eigenvalue weighted by Crippen LogP contribution is 2.47. The molecule has 1 aliphatic heterocycles. The van der Waals surface area contributed by atoms with Crippen molar-refractivity contribution in [1.29, 1.82) is 0 Å². The number of nitrogens with zero attached hydrogens (tertiary/aromatic N) is 3. The summed E-state index contributed by atoms with van der Waals surface area (Å²) in [6, 6.07) is 7.91. The zero-order valence-electron chi connectivity index (χ0n) is 17.8. The number of hydrogen-bond donors (Lipinski definition) is 1. The van der Waals surface area contributed by atoms with Crippen LogP contribution in [-0.4, -0.2) is 36.8 Å². The lowest BCUT2D eigenvalue weighted by atomic mass is 9.96. The second kappa shape index (κ2) is 8.67. The van der Waals surface area contributed by atoms with Gasteiger partial charge in [-0.15, -0.1) is 12.4 Å². The number of hydrogen-bond acceptors (Lipinski definition) is 7. The Morgan fingerprint density at radius 1 is 1.13 bits per heavy atom. The van der Waals surface area contributed by atoms with E-state index in [2.05, 4.69) is 16.0 Å². The van der Waals surface area contributed by atoms with Crippen molar-refractivity contribution in [1.82, 2.24) is 9.97 Å². The van der Waals surface area contributed by atoms with Gasteiger partial charge in [-0.05, 0) is 30.9 Å². The van der Waals surface area contributed by atoms with E-state index in [9.17, 15) is 0 Å². The van der Waals surface area contributed by atoms with E-state index in [1.54, 1.807) is 14.2 Å². The van der Waals surface area contributed by atoms with Crippen molar-refractivity contribution in [2.45, 2.75) is 38.3 Å². The van der Waals surface area contributed by atoms with Crippen LogP contribution in [0.3, 0.4) is 0 Å². The van der Waals surface area contributed by atoms with E-state index in [4.69, 9.17) is 24.9 Å². The molecule has 2 aromatic heterocycles. The van der Waals surface area contributed by atoms with Gasteiger partial charge in [0.05, 0.1) is 31.2 Å². The lowest BCUT2D eigenvalue weighted by Crippen LogP contribution is -2.31. The van der Waals surface area contributed by atoms with Crippen molar-refractivity contribution in [3.63, 3.8) is 0 Å². The molecular weight excluding hydrogens is 416 g/mol. The Balaban J connectivity index is 0.00000231. The van der Waals surface area contributed by atoms with Gasteiger partial charge in [0.1, 0.15) is 5.82 Å². The van der Waals surface area contributed by atoms with Crippen LogP contribution in [0.5, 0.6) is 17.2 Å². The molecule has 0 amide bonds. The molecule has 1 aromatic carbocycles. The smallest absolute Gasteiger partial charge is 0.204 e. The fourth-order valence-corrected chi connectivity index (χ4v) is 4.17. The van der Waals surface area contributed by atoms with Crippen LogP contribution in [0, 0.1) is 0 Å². The monoisotopic (exact) mass is 442 g/mol. The van der Waals surface area contributed by atoms with E-state index in [1.165, 1.54) is 12.0 Å². The number of nitrogen functional groups attached to an aromatic ring is 1. The SMILES string of the molecule is COc1cc2nc(N3CCc4ncccc4C3)cc(N)c2c(OC2CCC2)c1OC.Cl. The molecule has 1 fully saturated rings. The van der Waals surface area contributed by atoms with Gasteiger partial charge in [0.15, 0.2) is 11.5 Å². The van der Waals surface area contributed by atoms with Crippen LogP contribution in [-0.2, 0) is 13.0 Å². The highest BCUT2D eigenvalue weighted by atomic mass is 35.5. The van der Waals surface area contributed by atoms with Crippen LogP contribution < -0.4 is 24.8 Å². The molecular formula is C23H27ClN4O3. The van der Waals surface area contributed by atoms with E-state index < -0.39 is 0 Å². The number of nitrogens with two attached hydrogens (primary N) is 1. The topological polar surface area (TPSA) is 82.7 Å². The predicted octanol–water partition coefficient (Wildman–Crippen LogP) is 4.15. The third-order valence-electron chi connectivity index (χ3n) is 6.04. The number of benzene rings is 1. The highest BCUT2D eigenvalue weighted by Gasteiger charge is 2.27. The first-order chi connectivity index (χ1) is 14.7. The van der Waals surface area contributed by atoms with Crippen LogP contribution in [0.15, 0.2) is 30.5 Å². The first-order valence-corrected chi connectivity index (χ1v) is 10.4. The third kappa shape index (κ3) is 3.78. The molecule has 5 rings (SSSR count). The highest BCUT2D eigenvalue weighted by molar-refractivity contribution is 6.00. The lowest BCUT2D eigenvalue weighted by molar-refractivity contribution is 0.117. The van der Waals surface area contributed by atoms with Gasteiger partial charge in [0, 0.05) is 49.2 Å². The summed E-state index contributed by atoms with van der Waals surface area (Å²) in [5.74, 6) is 2.63. The molecule has 8 heteroatoms. The molecule has 164 valence electrons. The van der Waals surface area contributed by atoms with Gasteiger partial charge < -0.3 is 24.8 Å². The largest absolute Gasteiger partial charge is 0.493 e. The number of halogens is 1. The number of methoxy groups -OCH3 is 2. The van der Waals surface area contributed by atoms with Crippen molar-refractivity contribution in [2.24, 2.45) is 0 Å². The number of anilines is 2. The summed E-state index contributed by atoms with van der Waals surface area (Å²) in [6.45, 7) is 1.61. The van der Waals surface area contributed by atoms with Gasteiger partial charge in [-0.1, -0.05) is 6.07 Å². The summed E-state index contributed by atoms with van der Waals surface area (Å²) in [5.41, 5.74) is 10.3. The van der Waals surface area contributed by atoms with E-state index in [-0.39, 0.29) is 18.5 Å². The number of ether oxygens (including phenoxy) is 3. The second-order valence-electron chi connectivity index (χ2n) is 7.86. The molecule has 3 heterocycles. The van der Waals surface area contributed by atoms with Crippen molar-refractivity contribution >= 4 is 34.8 Å². The first kappa shape index (κ1) is 21.3. The molecule has 7 nitrogen and oxygen atoms in total. The minimum atomic E-state index is 0. The zero-order chi connectivity index (χ0) is 20.7. The summed E-state index contributed by atoms with van der Waals surface area (Å²) in [6.07, 6.45) is 6.17. The van der Waals surface area contributed by atoms with Crippen LogP contribution in [0.2, 0.25) is 0 Å². The Kier molecular flexibility index (Phi) is 5.96. The standard InChI is InChI=1S/C23H26N4O3.ClH/c1-28-19-12-18-21(23(22(19)29-2)30-15-6-3-7-15)16(24)11-20(26-18)27-10-8-17-14(13-27)5-4-9-25-17;/h4-5,9,11-12,15H,3,6-8,10,13H2,1-2H3,(H2,24,26);1H. The van der Waals surface area contributed by atoms with Crippen molar-refractivity contribution in [2.75, 3.05) is 31.4 Å². The molecule has 0 atom stereocenters. The van der Waals surface area contributed by atoms with Crippen LogP contribution in [0.25, 0.3) is 10.9 Å². The Morgan fingerprint density at radius 3 is 2.68 bits per heavy atom. The normalized spacial score (nSPS) is 15.6. The molecule has 0 unspecified atom stereocenters. The van der Waals surface area contributed by atoms with Gasteiger partial charge in [0.25, 0.3) is 0 Å². The molecule has 2 N–H and O–H groups in total. The fourth-order valence-electron chi connectivity index (χ4n) is 4.17. The maximum Gasteiger partial charge on any atom is 0.204 e. The molecule has 0 bridgehead atoms. The number of aromatic nitrogens is 2. The lowest BCUT2D eigenvalue weighted by Gasteiger charge is -2.30. The van der Waals surface area contributed by atoms with Crippen molar-refractivity contribution in [3.05, 3.63) is 41.7 Å². The van der Waals surface area contributed by atoms with E-state index >= 15 is 0 Å². The molecule has 1 saturated carbocycles. The van der Waals surface area contributed by atoms with Gasteiger partial charge >= 0.3 is 0 Å². The molecule has 1 aliphatic carbocycles. The van der Waals surface area contributed by atoms with Gasteiger partial charge in [-0.3, -0.25) is 4.98 Å². The molecule has 3 aromatic rings. The number of pyridine rings is 2. The van der Waals surface area contributed by atoms with E-state index in [0.29, 0.717) is 22.9 Å². The quantitative estimate of drug-likeness (QED) is 0.635. The Morgan fingerprint density at radius 2 is 1.97 bits per heavy atom. The van der Waals surface area contributed by atoms with Crippen LogP contribution in [0.1, 0.15) is 30.5 Å². The Hall–Kier alpha value is -2.93. The average Bonchev–Trinajstić information content (AvgIpc) is 2.74. The number of rotatable bonds is 5. The third-order valence-corrected chi connectivity index (χ3v) is 6.04. The Bertz CT molecular complexity index is 1100. The van der Waals surface area contributed by atoms with Crippen molar-refractivity contribution < 1.29 is 14.2 Å². The molecule has 0 saturated heterocycles. The summed E-state index contributed by atoms with van der Waals surface area (Å²) in [5, 5.41) is 0.780. The molecule has 0 radical (unpaired) electrons. The second-order valence-corrected chi connectivity index (χ2v) is 7.86. The Labute approximate surface area is 187 Å². The number of fused-ring (bicyclic) bond motifs is 2. The molecule has 31 heavy (non-hydrogen) atoms. The van der Waals surface area contributed by atoms with Gasteiger partial charge in [-0.25, -0.2) is 4.98 Å². The molecule has 0 spiro atoms. The first-order valence-electron chi connectivity index (χ1n) is 10.4. The minimum absolute atomic E-state index is 0. The summed E-state index contributed by atoms with van der Waals surface area (Å²) in [4.78, 5) is 11.7. The molecule has 2 aliphatic rings. The predicted molar refractivity (Wildman–Crippen MR) is 124 cm³/mol. The van der Waals surface area contributed by atoms with Crippen molar-refractivity contribution in [3.8, 4) is 17.2 Å². The maximum absolute atomic E-state index is 6.55. The maximum atomic E-state index is 6.55. The van der Waals surface area contributed by atoms with Crippen LogP contribution >= 0.6 is 12.4 Å². The summed E-state index contributed by atoms with van der Waals surface area (Å²) >= 11 is 0. The average molecular weight is 443 g/mol. The van der Waals surface area contributed by atoms with E-state index in [1.807, 2.05) is 24.4 Å². The fraction of sp³-hybridized carbons (Fsp3) is 0.391. The van der Waals surface area contributed by atoms with Crippen LogP contribution in [0.4, 0.5) is 11.5 Å². The minimum Gasteiger partial charge on any atom is -0.493 e. The van der Waals surface area contributed by atoms with Gasteiger partial charge in [-0.2, -0.15) is 0 Å².